The molecule has 2 heterocycles. The Labute approximate surface area is 200 Å². The monoisotopic (exact) mass is 549 g/mol. The molecular formula is C21H33FIN5O3. The maximum Gasteiger partial charge on any atom is 0.236 e. The van der Waals surface area contributed by atoms with Crippen LogP contribution in [0.15, 0.2) is 29.3 Å². The molecule has 1 aromatic carbocycles. The summed E-state index contributed by atoms with van der Waals surface area (Å²) in [5, 5.41) is 13.6. The Morgan fingerprint density at radius 1 is 1.16 bits per heavy atom. The van der Waals surface area contributed by atoms with Gasteiger partial charge in [0.2, 0.25) is 5.91 Å². The van der Waals surface area contributed by atoms with E-state index in [2.05, 4.69) is 20.1 Å². The summed E-state index contributed by atoms with van der Waals surface area (Å²) in [7, 11) is 0. The maximum absolute atomic E-state index is 13.9. The number of piperazine rings is 1. The summed E-state index contributed by atoms with van der Waals surface area (Å²) in [5.74, 6) is 0.427. The minimum absolute atomic E-state index is 0. The van der Waals surface area contributed by atoms with Crippen molar-refractivity contribution in [3.63, 3.8) is 0 Å². The number of hydrogen-bond donors (Lipinski definition) is 2. The number of carbonyl (C=O) groups excluding carboxylic acids is 1. The molecule has 0 spiro atoms. The van der Waals surface area contributed by atoms with Crippen molar-refractivity contribution in [3.8, 4) is 0 Å². The van der Waals surface area contributed by atoms with Crippen LogP contribution in [0.1, 0.15) is 18.6 Å². The first-order valence-corrected chi connectivity index (χ1v) is 10.6. The summed E-state index contributed by atoms with van der Waals surface area (Å²) in [6.07, 6.45) is -0.993. The lowest BCUT2D eigenvalue weighted by molar-refractivity contribution is -0.136. The Bertz CT molecular complexity index is 725. The zero-order chi connectivity index (χ0) is 21.3. The van der Waals surface area contributed by atoms with E-state index in [9.17, 15) is 14.3 Å². The van der Waals surface area contributed by atoms with Crippen LogP contribution >= 0.6 is 24.0 Å². The highest BCUT2D eigenvalue weighted by atomic mass is 127. The minimum Gasteiger partial charge on any atom is -0.386 e. The fourth-order valence-electron chi connectivity index (χ4n) is 3.66. The molecule has 1 aromatic rings. The number of nitrogens with one attached hydrogen (secondary N) is 1. The summed E-state index contributed by atoms with van der Waals surface area (Å²) in [4.78, 5) is 23.1. The Balaban J connectivity index is 0.00000341. The van der Waals surface area contributed by atoms with E-state index in [1.54, 1.807) is 18.2 Å². The van der Waals surface area contributed by atoms with Crippen LogP contribution in [0, 0.1) is 5.82 Å². The van der Waals surface area contributed by atoms with Crippen LogP contribution in [0.3, 0.4) is 0 Å². The van der Waals surface area contributed by atoms with Gasteiger partial charge in [-0.2, -0.15) is 0 Å². The van der Waals surface area contributed by atoms with Gasteiger partial charge in [0.05, 0.1) is 26.3 Å². The average Bonchev–Trinajstić information content (AvgIpc) is 2.78. The fourth-order valence-corrected chi connectivity index (χ4v) is 3.66. The minimum atomic E-state index is -0.993. The molecule has 0 saturated carbocycles. The molecule has 0 aromatic heterocycles. The van der Waals surface area contributed by atoms with E-state index in [-0.39, 0.29) is 42.0 Å². The second-order valence-corrected chi connectivity index (χ2v) is 7.49. The number of benzene rings is 1. The van der Waals surface area contributed by atoms with Crippen molar-refractivity contribution in [1.29, 1.82) is 0 Å². The van der Waals surface area contributed by atoms with Crippen LogP contribution < -0.4 is 5.32 Å². The van der Waals surface area contributed by atoms with Gasteiger partial charge in [0, 0.05) is 51.4 Å². The number of aliphatic hydroxyl groups excluding tert-OH is 1. The van der Waals surface area contributed by atoms with Gasteiger partial charge in [-0.1, -0.05) is 18.2 Å². The van der Waals surface area contributed by atoms with Gasteiger partial charge in [0.25, 0.3) is 0 Å². The van der Waals surface area contributed by atoms with Crippen LogP contribution in [-0.2, 0) is 9.53 Å². The first kappa shape index (κ1) is 25.8. The van der Waals surface area contributed by atoms with Gasteiger partial charge < -0.3 is 25.0 Å². The molecular weight excluding hydrogens is 516 g/mol. The third-order valence-corrected chi connectivity index (χ3v) is 5.41. The van der Waals surface area contributed by atoms with E-state index in [1.807, 2.05) is 11.8 Å². The number of nitrogens with zero attached hydrogens (tertiary/aromatic N) is 4. The molecule has 2 saturated heterocycles. The smallest absolute Gasteiger partial charge is 0.236 e. The van der Waals surface area contributed by atoms with Gasteiger partial charge in [-0.15, -0.1) is 24.0 Å². The van der Waals surface area contributed by atoms with Gasteiger partial charge in [0.1, 0.15) is 11.9 Å². The van der Waals surface area contributed by atoms with Crippen LogP contribution in [0.2, 0.25) is 0 Å². The van der Waals surface area contributed by atoms with Crippen molar-refractivity contribution < 1.29 is 19.0 Å². The quantitative estimate of drug-likeness (QED) is 0.312. The second-order valence-electron chi connectivity index (χ2n) is 7.49. The number of rotatable bonds is 6. The molecule has 1 atom stereocenters. The fraction of sp³-hybridized carbons (Fsp3) is 0.619. The molecule has 2 fully saturated rings. The van der Waals surface area contributed by atoms with Gasteiger partial charge >= 0.3 is 0 Å². The van der Waals surface area contributed by atoms with Crippen molar-refractivity contribution in [2.75, 3.05) is 72.1 Å². The van der Waals surface area contributed by atoms with Crippen molar-refractivity contribution in [2.45, 2.75) is 13.0 Å². The average molecular weight is 549 g/mol. The molecule has 174 valence electrons. The first-order valence-electron chi connectivity index (χ1n) is 10.6. The van der Waals surface area contributed by atoms with Crippen molar-refractivity contribution in [1.82, 2.24) is 20.0 Å². The predicted octanol–water partition coefficient (Wildman–Crippen LogP) is 0.919. The Morgan fingerprint density at radius 2 is 1.84 bits per heavy atom. The van der Waals surface area contributed by atoms with Gasteiger partial charge in [-0.3, -0.25) is 14.7 Å². The Morgan fingerprint density at radius 3 is 2.48 bits per heavy atom. The van der Waals surface area contributed by atoms with E-state index in [0.717, 1.165) is 26.2 Å². The second kappa shape index (κ2) is 13.1. The standard InChI is InChI=1S/C21H32FN5O3.HI/c1-2-23-21(24-15-19(28)17-5-3-4-6-18(17)22)27-9-7-25(8-10-27)16-20(29)26-11-13-30-14-12-26;/h3-6,19,28H,2,7-16H2,1H3,(H,23,24);1H. The summed E-state index contributed by atoms with van der Waals surface area (Å²) in [6, 6.07) is 6.22. The highest BCUT2D eigenvalue weighted by Crippen LogP contribution is 2.17. The maximum atomic E-state index is 13.9. The molecule has 1 unspecified atom stereocenters. The molecule has 2 aliphatic heterocycles. The third kappa shape index (κ3) is 7.55. The SMILES string of the molecule is CCNC(=NCC(O)c1ccccc1F)N1CCN(CC(=O)N2CCOCC2)CC1.I. The molecule has 2 N–H and O–H groups in total. The lowest BCUT2D eigenvalue weighted by atomic mass is 10.1. The van der Waals surface area contributed by atoms with Crippen LogP contribution in [0.5, 0.6) is 0 Å². The normalized spacial score (nSPS) is 19.0. The summed E-state index contributed by atoms with van der Waals surface area (Å²) in [5.41, 5.74) is 0.253. The third-order valence-electron chi connectivity index (χ3n) is 5.41. The number of aliphatic hydroxyl groups is 1. The number of aliphatic imine (C=N–C) groups is 1. The van der Waals surface area contributed by atoms with Crippen LogP contribution in [0.4, 0.5) is 4.39 Å². The Kier molecular flexibility index (Phi) is 10.9. The summed E-state index contributed by atoms with van der Waals surface area (Å²) in [6.45, 7) is 8.74. The van der Waals surface area contributed by atoms with Crippen molar-refractivity contribution >= 4 is 35.8 Å². The number of amides is 1. The molecule has 8 nitrogen and oxygen atoms in total. The Hall–Kier alpha value is -1.50. The highest BCUT2D eigenvalue weighted by molar-refractivity contribution is 14.0. The number of guanidine groups is 1. The molecule has 2 aliphatic rings. The molecule has 1 amide bonds. The number of ether oxygens (including phenoxy) is 1. The van der Waals surface area contributed by atoms with Gasteiger partial charge in [0.15, 0.2) is 5.96 Å². The van der Waals surface area contributed by atoms with Gasteiger partial charge in [-0.05, 0) is 13.0 Å². The van der Waals surface area contributed by atoms with Crippen molar-refractivity contribution in [2.24, 2.45) is 4.99 Å². The summed E-state index contributed by atoms with van der Waals surface area (Å²) >= 11 is 0. The number of halogens is 2. The zero-order valence-electron chi connectivity index (χ0n) is 18.0. The van der Waals surface area contributed by atoms with E-state index >= 15 is 0 Å². The zero-order valence-corrected chi connectivity index (χ0v) is 20.3. The molecule has 0 bridgehead atoms. The largest absolute Gasteiger partial charge is 0.386 e. The lowest BCUT2D eigenvalue weighted by Gasteiger charge is -2.37. The highest BCUT2D eigenvalue weighted by Gasteiger charge is 2.24. The van der Waals surface area contributed by atoms with E-state index < -0.39 is 11.9 Å². The molecule has 31 heavy (non-hydrogen) atoms. The van der Waals surface area contributed by atoms with Crippen LogP contribution in [-0.4, -0.2) is 104 Å². The number of carbonyl (C=O) groups is 1. The van der Waals surface area contributed by atoms with Gasteiger partial charge in [-0.25, -0.2) is 4.39 Å². The van der Waals surface area contributed by atoms with Crippen LogP contribution in [0.25, 0.3) is 0 Å². The predicted molar refractivity (Wildman–Crippen MR) is 128 cm³/mol. The molecule has 3 rings (SSSR count). The van der Waals surface area contributed by atoms with E-state index in [0.29, 0.717) is 45.4 Å². The van der Waals surface area contributed by atoms with E-state index in [4.69, 9.17) is 4.74 Å². The van der Waals surface area contributed by atoms with E-state index in [1.165, 1.54) is 6.07 Å². The van der Waals surface area contributed by atoms with Crippen molar-refractivity contribution in [3.05, 3.63) is 35.6 Å². The first-order chi connectivity index (χ1) is 14.6. The molecule has 0 radical (unpaired) electrons. The lowest BCUT2D eigenvalue weighted by Crippen LogP contribution is -2.55. The molecule has 0 aliphatic carbocycles. The molecule has 10 heteroatoms. The number of morpholine rings is 1. The number of hydrogen-bond acceptors (Lipinski definition) is 5. The topological polar surface area (TPSA) is 80.6 Å². The summed E-state index contributed by atoms with van der Waals surface area (Å²) < 4.78 is 19.2.